The van der Waals surface area contributed by atoms with Crippen LogP contribution in [-0.2, 0) is 9.53 Å². The zero-order chi connectivity index (χ0) is 12.1. The number of nitrogens with one attached hydrogen (secondary N) is 1. The lowest BCUT2D eigenvalue weighted by molar-refractivity contribution is -0.137. The van der Waals surface area contributed by atoms with Gasteiger partial charge in [0.1, 0.15) is 0 Å². The first-order valence-electron chi connectivity index (χ1n) is 6.49. The molecule has 4 nitrogen and oxygen atoms in total. The summed E-state index contributed by atoms with van der Waals surface area (Å²) in [4.78, 5) is 14.0. The average molecular weight is 258 g/mol. The van der Waals surface area contributed by atoms with Gasteiger partial charge in [-0.2, -0.15) is 11.8 Å². The smallest absolute Gasteiger partial charge is 0.239 e. The average Bonchev–Trinajstić information content (AvgIpc) is 2.89. The zero-order valence-corrected chi connectivity index (χ0v) is 11.3. The van der Waals surface area contributed by atoms with Gasteiger partial charge in [0.25, 0.3) is 0 Å². The van der Waals surface area contributed by atoms with E-state index < -0.39 is 0 Å². The third-order valence-electron chi connectivity index (χ3n) is 3.37. The number of hydrogen-bond acceptors (Lipinski definition) is 4. The van der Waals surface area contributed by atoms with Crippen molar-refractivity contribution >= 4 is 17.7 Å². The SMILES string of the molecule is CC(NCC1CCCS1)C(=O)N1CCOCC1. The number of amides is 1. The van der Waals surface area contributed by atoms with E-state index in [9.17, 15) is 4.79 Å². The minimum Gasteiger partial charge on any atom is -0.378 e. The van der Waals surface area contributed by atoms with Crippen molar-refractivity contribution in [1.82, 2.24) is 10.2 Å². The fourth-order valence-electron chi connectivity index (χ4n) is 2.26. The molecule has 17 heavy (non-hydrogen) atoms. The van der Waals surface area contributed by atoms with Crippen LogP contribution >= 0.6 is 11.8 Å². The molecule has 2 unspecified atom stereocenters. The number of thioether (sulfide) groups is 1. The highest BCUT2D eigenvalue weighted by atomic mass is 32.2. The number of carbonyl (C=O) groups excluding carboxylic acids is 1. The number of morpholine rings is 1. The molecule has 5 heteroatoms. The van der Waals surface area contributed by atoms with Crippen molar-refractivity contribution in [2.45, 2.75) is 31.1 Å². The number of ether oxygens (including phenoxy) is 1. The summed E-state index contributed by atoms with van der Waals surface area (Å²) >= 11 is 2.02. The van der Waals surface area contributed by atoms with E-state index in [0.29, 0.717) is 18.5 Å². The van der Waals surface area contributed by atoms with E-state index >= 15 is 0 Å². The summed E-state index contributed by atoms with van der Waals surface area (Å²) in [6, 6.07) is -0.0608. The summed E-state index contributed by atoms with van der Waals surface area (Å²) in [7, 11) is 0. The van der Waals surface area contributed by atoms with Crippen LogP contribution in [0.25, 0.3) is 0 Å². The molecule has 0 radical (unpaired) electrons. The highest BCUT2D eigenvalue weighted by Gasteiger charge is 2.23. The Labute approximate surface area is 107 Å². The van der Waals surface area contributed by atoms with Crippen molar-refractivity contribution in [2.24, 2.45) is 0 Å². The Morgan fingerprint density at radius 2 is 2.29 bits per heavy atom. The van der Waals surface area contributed by atoms with Crippen molar-refractivity contribution in [3.05, 3.63) is 0 Å². The molecule has 2 aliphatic rings. The van der Waals surface area contributed by atoms with E-state index in [2.05, 4.69) is 5.32 Å². The van der Waals surface area contributed by atoms with E-state index in [1.807, 2.05) is 23.6 Å². The van der Waals surface area contributed by atoms with Crippen molar-refractivity contribution in [3.63, 3.8) is 0 Å². The zero-order valence-electron chi connectivity index (χ0n) is 10.5. The Morgan fingerprint density at radius 3 is 2.94 bits per heavy atom. The molecule has 0 spiro atoms. The highest BCUT2D eigenvalue weighted by Crippen LogP contribution is 2.25. The number of hydrogen-bond donors (Lipinski definition) is 1. The molecule has 1 N–H and O–H groups in total. The lowest BCUT2D eigenvalue weighted by atomic mass is 10.2. The molecular formula is C12H22N2O2S. The van der Waals surface area contributed by atoms with E-state index in [4.69, 9.17) is 4.74 Å². The number of carbonyl (C=O) groups is 1. The van der Waals surface area contributed by atoms with Crippen LogP contribution in [0.15, 0.2) is 0 Å². The van der Waals surface area contributed by atoms with E-state index in [1.54, 1.807) is 0 Å². The van der Waals surface area contributed by atoms with Crippen molar-refractivity contribution < 1.29 is 9.53 Å². The van der Waals surface area contributed by atoms with Gasteiger partial charge < -0.3 is 15.0 Å². The molecule has 0 bridgehead atoms. The van der Waals surface area contributed by atoms with Gasteiger partial charge in [-0.3, -0.25) is 4.79 Å². The van der Waals surface area contributed by atoms with Crippen LogP contribution < -0.4 is 5.32 Å². The van der Waals surface area contributed by atoms with Gasteiger partial charge >= 0.3 is 0 Å². The van der Waals surface area contributed by atoms with Crippen LogP contribution in [0.2, 0.25) is 0 Å². The minimum atomic E-state index is -0.0608. The third-order valence-corrected chi connectivity index (χ3v) is 4.77. The maximum atomic E-state index is 12.1. The van der Waals surface area contributed by atoms with Crippen LogP contribution in [0, 0.1) is 0 Å². The van der Waals surface area contributed by atoms with Crippen LogP contribution in [0.3, 0.4) is 0 Å². The van der Waals surface area contributed by atoms with E-state index in [1.165, 1.54) is 18.6 Å². The minimum absolute atomic E-state index is 0.0608. The Hall–Kier alpha value is -0.260. The molecule has 0 aliphatic carbocycles. The van der Waals surface area contributed by atoms with Crippen LogP contribution in [-0.4, -0.2) is 60.7 Å². The normalized spacial score (nSPS) is 27.1. The second kappa shape index (κ2) is 6.61. The predicted molar refractivity (Wildman–Crippen MR) is 70.3 cm³/mol. The van der Waals surface area contributed by atoms with Gasteiger partial charge in [0, 0.05) is 24.9 Å². The van der Waals surface area contributed by atoms with Gasteiger partial charge in [-0.15, -0.1) is 0 Å². The highest BCUT2D eigenvalue weighted by molar-refractivity contribution is 8.00. The molecule has 0 aromatic carbocycles. The Morgan fingerprint density at radius 1 is 1.53 bits per heavy atom. The van der Waals surface area contributed by atoms with Gasteiger partial charge in [0.2, 0.25) is 5.91 Å². The molecule has 1 amide bonds. The maximum Gasteiger partial charge on any atom is 0.239 e. The summed E-state index contributed by atoms with van der Waals surface area (Å²) in [5, 5.41) is 4.07. The van der Waals surface area contributed by atoms with E-state index in [-0.39, 0.29) is 11.9 Å². The molecule has 98 valence electrons. The molecule has 0 aromatic rings. The van der Waals surface area contributed by atoms with Crippen LogP contribution in [0.1, 0.15) is 19.8 Å². The van der Waals surface area contributed by atoms with Gasteiger partial charge in [0.05, 0.1) is 19.3 Å². The molecule has 2 atom stereocenters. The monoisotopic (exact) mass is 258 g/mol. The summed E-state index contributed by atoms with van der Waals surface area (Å²) in [6.45, 7) is 5.76. The number of rotatable bonds is 4. The summed E-state index contributed by atoms with van der Waals surface area (Å²) in [6.07, 6.45) is 2.61. The molecule has 2 fully saturated rings. The second-order valence-electron chi connectivity index (χ2n) is 4.70. The molecule has 0 aromatic heterocycles. The van der Waals surface area contributed by atoms with Crippen molar-refractivity contribution in [1.29, 1.82) is 0 Å². The molecule has 2 aliphatic heterocycles. The quantitative estimate of drug-likeness (QED) is 0.807. The van der Waals surface area contributed by atoms with Crippen LogP contribution in [0.4, 0.5) is 0 Å². The first kappa shape index (κ1) is 13.2. The maximum absolute atomic E-state index is 12.1. The molecule has 0 saturated carbocycles. The Bertz CT molecular complexity index is 251. The third kappa shape index (κ3) is 3.86. The van der Waals surface area contributed by atoms with Gasteiger partial charge in [-0.1, -0.05) is 0 Å². The standard InChI is InChI=1S/C12H22N2O2S/c1-10(13-9-11-3-2-8-17-11)12(15)14-4-6-16-7-5-14/h10-11,13H,2-9H2,1H3. The summed E-state index contributed by atoms with van der Waals surface area (Å²) < 4.78 is 5.25. The first-order chi connectivity index (χ1) is 8.27. The number of nitrogens with zero attached hydrogens (tertiary/aromatic N) is 1. The van der Waals surface area contributed by atoms with Gasteiger partial charge in [0.15, 0.2) is 0 Å². The topological polar surface area (TPSA) is 41.6 Å². The van der Waals surface area contributed by atoms with Gasteiger partial charge in [-0.25, -0.2) is 0 Å². The van der Waals surface area contributed by atoms with Crippen molar-refractivity contribution in [3.8, 4) is 0 Å². The first-order valence-corrected chi connectivity index (χ1v) is 7.54. The Balaban J connectivity index is 1.70. The van der Waals surface area contributed by atoms with Crippen molar-refractivity contribution in [2.75, 3.05) is 38.6 Å². The summed E-state index contributed by atoms with van der Waals surface area (Å²) in [5.74, 6) is 1.49. The molecule has 2 saturated heterocycles. The van der Waals surface area contributed by atoms with E-state index in [0.717, 1.165) is 19.6 Å². The second-order valence-corrected chi connectivity index (χ2v) is 6.11. The lowest BCUT2D eigenvalue weighted by Crippen LogP contribution is -2.50. The fourth-order valence-corrected chi connectivity index (χ4v) is 3.47. The Kier molecular flexibility index (Phi) is 5.13. The molecule has 2 heterocycles. The summed E-state index contributed by atoms with van der Waals surface area (Å²) in [5.41, 5.74) is 0. The van der Waals surface area contributed by atoms with Crippen LogP contribution in [0.5, 0.6) is 0 Å². The molecular weight excluding hydrogens is 236 g/mol. The molecule has 2 rings (SSSR count). The fraction of sp³-hybridized carbons (Fsp3) is 0.917. The largest absolute Gasteiger partial charge is 0.378 e. The lowest BCUT2D eigenvalue weighted by Gasteiger charge is -2.29. The predicted octanol–water partition coefficient (Wildman–Crippen LogP) is 0.719. The van der Waals surface area contributed by atoms with Gasteiger partial charge in [-0.05, 0) is 25.5 Å².